The lowest BCUT2D eigenvalue weighted by Gasteiger charge is -2.23. The minimum Gasteiger partial charge on any atom is -0.383 e. The summed E-state index contributed by atoms with van der Waals surface area (Å²) in [4.78, 5) is 6.84. The van der Waals surface area contributed by atoms with Crippen molar-refractivity contribution >= 4 is 5.82 Å². The van der Waals surface area contributed by atoms with Crippen molar-refractivity contribution in [2.24, 2.45) is 0 Å². The summed E-state index contributed by atoms with van der Waals surface area (Å²) in [5.41, 5.74) is 1.28. The van der Waals surface area contributed by atoms with Gasteiger partial charge in [-0.15, -0.1) is 0 Å². The average molecular weight is 235 g/mol. The number of ether oxygens (including phenoxy) is 1. The van der Waals surface area contributed by atoms with E-state index in [9.17, 15) is 0 Å². The Hall–Kier alpha value is -1.13. The van der Waals surface area contributed by atoms with Crippen molar-refractivity contribution in [3.63, 3.8) is 0 Å². The van der Waals surface area contributed by atoms with E-state index in [2.05, 4.69) is 27.3 Å². The minimum atomic E-state index is 0.669. The Morgan fingerprint density at radius 1 is 1.53 bits per heavy atom. The van der Waals surface area contributed by atoms with Crippen LogP contribution in [0.4, 0.5) is 5.82 Å². The molecule has 1 aliphatic carbocycles. The van der Waals surface area contributed by atoms with Gasteiger partial charge in [0.2, 0.25) is 0 Å². The molecule has 94 valence electrons. The van der Waals surface area contributed by atoms with Gasteiger partial charge in [0.15, 0.2) is 0 Å². The van der Waals surface area contributed by atoms with Gasteiger partial charge >= 0.3 is 0 Å². The fourth-order valence-electron chi connectivity index (χ4n) is 1.99. The third-order valence-corrected chi connectivity index (χ3v) is 3.01. The number of nitrogens with zero attached hydrogens (tertiary/aromatic N) is 2. The number of methoxy groups -OCH3 is 1. The van der Waals surface area contributed by atoms with Crippen molar-refractivity contribution in [3.05, 3.63) is 23.9 Å². The molecule has 0 aromatic carbocycles. The lowest BCUT2D eigenvalue weighted by molar-refractivity contribution is 0.204. The molecule has 1 aromatic heterocycles. The van der Waals surface area contributed by atoms with E-state index in [0.717, 1.165) is 25.5 Å². The number of anilines is 1. The molecule has 4 nitrogen and oxygen atoms in total. The zero-order valence-corrected chi connectivity index (χ0v) is 10.6. The second kappa shape index (κ2) is 5.98. The number of aromatic nitrogens is 1. The first-order chi connectivity index (χ1) is 8.35. The number of pyridine rings is 1. The predicted octanol–water partition coefficient (Wildman–Crippen LogP) is 1.42. The maximum absolute atomic E-state index is 5.17. The maximum Gasteiger partial charge on any atom is 0.129 e. The molecule has 0 spiro atoms. The second-order valence-corrected chi connectivity index (χ2v) is 4.47. The molecule has 1 heterocycles. The monoisotopic (exact) mass is 235 g/mol. The van der Waals surface area contributed by atoms with E-state index >= 15 is 0 Å². The fourth-order valence-corrected chi connectivity index (χ4v) is 1.99. The predicted molar refractivity (Wildman–Crippen MR) is 69.2 cm³/mol. The largest absolute Gasteiger partial charge is 0.383 e. The smallest absolute Gasteiger partial charge is 0.129 e. The molecule has 1 aliphatic rings. The molecule has 1 fully saturated rings. The van der Waals surface area contributed by atoms with E-state index in [1.165, 1.54) is 18.4 Å². The molecule has 1 saturated carbocycles. The molecule has 1 aromatic rings. The van der Waals surface area contributed by atoms with Gasteiger partial charge in [0.1, 0.15) is 5.82 Å². The highest BCUT2D eigenvalue weighted by atomic mass is 16.5. The number of hydrogen-bond acceptors (Lipinski definition) is 4. The first-order valence-electron chi connectivity index (χ1n) is 6.20. The van der Waals surface area contributed by atoms with Crippen LogP contribution in [0.5, 0.6) is 0 Å². The Morgan fingerprint density at radius 3 is 3.00 bits per heavy atom. The van der Waals surface area contributed by atoms with E-state index in [4.69, 9.17) is 4.74 Å². The van der Waals surface area contributed by atoms with Crippen molar-refractivity contribution in [3.8, 4) is 0 Å². The van der Waals surface area contributed by atoms with Crippen molar-refractivity contribution in [1.82, 2.24) is 10.3 Å². The van der Waals surface area contributed by atoms with E-state index in [1.807, 2.05) is 13.2 Å². The molecule has 0 aliphatic heterocycles. The van der Waals surface area contributed by atoms with Crippen LogP contribution in [-0.2, 0) is 11.3 Å². The highest BCUT2D eigenvalue weighted by Gasteiger charge is 2.29. The van der Waals surface area contributed by atoms with E-state index in [1.54, 1.807) is 7.11 Å². The molecule has 4 heteroatoms. The van der Waals surface area contributed by atoms with Crippen molar-refractivity contribution in [2.45, 2.75) is 25.4 Å². The van der Waals surface area contributed by atoms with Gasteiger partial charge in [-0.3, -0.25) is 0 Å². The van der Waals surface area contributed by atoms with Gasteiger partial charge in [0.25, 0.3) is 0 Å². The highest BCUT2D eigenvalue weighted by Crippen LogP contribution is 2.30. The Balaban J connectivity index is 2.08. The van der Waals surface area contributed by atoms with Crippen LogP contribution in [-0.4, -0.2) is 38.3 Å². The van der Waals surface area contributed by atoms with E-state index < -0.39 is 0 Å². The van der Waals surface area contributed by atoms with Gasteiger partial charge in [-0.25, -0.2) is 4.98 Å². The molecule has 0 bridgehead atoms. The minimum absolute atomic E-state index is 0.669. The summed E-state index contributed by atoms with van der Waals surface area (Å²) in [6, 6.07) is 4.90. The van der Waals surface area contributed by atoms with Gasteiger partial charge < -0.3 is 15.0 Å². The van der Waals surface area contributed by atoms with Crippen LogP contribution >= 0.6 is 0 Å². The Bertz CT molecular complexity index is 352. The van der Waals surface area contributed by atoms with Crippen LogP contribution in [0.2, 0.25) is 0 Å². The molecule has 1 N–H and O–H groups in total. The third-order valence-electron chi connectivity index (χ3n) is 3.01. The van der Waals surface area contributed by atoms with Crippen LogP contribution in [0, 0.1) is 0 Å². The maximum atomic E-state index is 5.17. The Labute approximate surface area is 103 Å². The molecule has 0 radical (unpaired) electrons. The number of nitrogens with one attached hydrogen (secondary N) is 1. The van der Waals surface area contributed by atoms with Crippen molar-refractivity contribution in [1.29, 1.82) is 0 Å². The van der Waals surface area contributed by atoms with Gasteiger partial charge in [-0.2, -0.15) is 0 Å². The summed E-state index contributed by atoms with van der Waals surface area (Å²) in [5.74, 6) is 1.08. The van der Waals surface area contributed by atoms with Crippen LogP contribution in [0.15, 0.2) is 18.3 Å². The highest BCUT2D eigenvalue weighted by molar-refractivity contribution is 5.43. The van der Waals surface area contributed by atoms with E-state index in [-0.39, 0.29) is 0 Å². The zero-order valence-electron chi connectivity index (χ0n) is 10.6. The topological polar surface area (TPSA) is 37.4 Å². The van der Waals surface area contributed by atoms with Gasteiger partial charge in [-0.1, -0.05) is 0 Å². The van der Waals surface area contributed by atoms with Crippen LogP contribution < -0.4 is 10.2 Å². The molecular formula is C13H21N3O. The summed E-state index contributed by atoms with van der Waals surface area (Å²) in [6.45, 7) is 2.57. The zero-order chi connectivity index (χ0) is 12.1. The molecule has 0 unspecified atom stereocenters. The molecule has 2 rings (SSSR count). The lowest BCUT2D eigenvalue weighted by Crippen LogP contribution is -2.30. The Morgan fingerprint density at radius 2 is 2.35 bits per heavy atom. The summed E-state index contributed by atoms with van der Waals surface area (Å²) in [6.07, 6.45) is 4.45. The first-order valence-corrected chi connectivity index (χ1v) is 6.20. The van der Waals surface area contributed by atoms with Gasteiger partial charge in [0.05, 0.1) is 6.61 Å². The quantitative estimate of drug-likeness (QED) is 0.775. The van der Waals surface area contributed by atoms with E-state index in [0.29, 0.717) is 6.04 Å². The van der Waals surface area contributed by atoms with Crippen LogP contribution in [0.25, 0.3) is 0 Å². The van der Waals surface area contributed by atoms with Crippen molar-refractivity contribution < 1.29 is 4.74 Å². The van der Waals surface area contributed by atoms with Crippen molar-refractivity contribution in [2.75, 3.05) is 32.2 Å². The SMILES string of the molecule is CNCc1ccnc(N(CCOC)C2CC2)c1. The molecular weight excluding hydrogens is 214 g/mol. The fraction of sp³-hybridized carbons (Fsp3) is 0.615. The first kappa shape index (κ1) is 12.3. The summed E-state index contributed by atoms with van der Waals surface area (Å²) < 4.78 is 5.17. The normalized spacial score (nSPS) is 14.9. The van der Waals surface area contributed by atoms with Crippen LogP contribution in [0.1, 0.15) is 18.4 Å². The molecule has 0 atom stereocenters. The average Bonchev–Trinajstić information content (AvgIpc) is 3.15. The number of rotatable bonds is 7. The summed E-state index contributed by atoms with van der Waals surface area (Å²) in [7, 11) is 3.71. The lowest BCUT2D eigenvalue weighted by atomic mass is 10.2. The van der Waals surface area contributed by atoms with Crippen LogP contribution in [0.3, 0.4) is 0 Å². The summed E-state index contributed by atoms with van der Waals surface area (Å²) >= 11 is 0. The number of hydrogen-bond donors (Lipinski definition) is 1. The summed E-state index contributed by atoms with van der Waals surface area (Å²) in [5, 5.41) is 3.17. The second-order valence-electron chi connectivity index (χ2n) is 4.47. The Kier molecular flexibility index (Phi) is 4.34. The standard InChI is InChI=1S/C13H21N3O/c1-14-10-11-5-6-15-13(9-11)16(7-8-17-2)12-3-4-12/h5-6,9,12,14H,3-4,7-8,10H2,1-2H3. The van der Waals surface area contributed by atoms with Gasteiger partial charge in [0, 0.05) is 32.4 Å². The molecule has 0 amide bonds. The third kappa shape index (κ3) is 3.41. The van der Waals surface area contributed by atoms with Gasteiger partial charge in [-0.05, 0) is 37.6 Å². The molecule has 17 heavy (non-hydrogen) atoms. The molecule has 0 saturated heterocycles.